The van der Waals surface area contributed by atoms with Crippen LogP contribution in [-0.4, -0.2) is 9.97 Å². The molecule has 2 aromatic heterocycles. The fourth-order valence-electron chi connectivity index (χ4n) is 0.772. The van der Waals surface area contributed by atoms with Gasteiger partial charge in [-0.2, -0.15) is 0 Å². The van der Waals surface area contributed by atoms with E-state index in [1.807, 2.05) is 0 Å². The van der Waals surface area contributed by atoms with Crippen molar-refractivity contribution < 1.29 is 0 Å². The first kappa shape index (κ1) is 7.46. The lowest BCUT2D eigenvalue weighted by Gasteiger charge is -1.85. The topological polar surface area (TPSA) is 25.8 Å². The maximum Gasteiger partial charge on any atom is 0.161 e. The molecule has 0 aliphatic carbocycles. The molecule has 0 spiro atoms. The highest BCUT2D eigenvalue weighted by atomic mass is 79.9. The second-order valence-corrected chi connectivity index (χ2v) is 4.63. The molecule has 0 amide bonds. The monoisotopic (exact) mass is 248 g/mol. The third-order valence-electron chi connectivity index (χ3n) is 1.19. The molecule has 0 aliphatic heterocycles. The van der Waals surface area contributed by atoms with E-state index in [9.17, 15) is 0 Å². The third-order valence-corrected chi connectivity index (χ3v) is 2.83. The Kier molecular flexibility index (Phi) is 1.83. The van der Waals surface area contributed by atoms with Crippen LogP contribution in [-0.2, 0) is 0 Å². The van der Waals surface area contributed by atoms with Gasteiger partial charge in [-0.15, -0.1) is 0 Å². The van der Waals surface area contributed by atoms with Gasteiger partial charge in [0.25, 0.3) is 0 Å². The van der Waals surface area contributed by atoms with Gasteiger partial charge in [0, 0.05) is 6.20 Å². The fraction of sp³-hybridized carbons (Fsp3) is 0. The van der Waals surface area contributed by atoms with E-state index < -0.39 is 0 Å². The number of hydrogen-bond acceptors (Lipinski definition) is 3. The van der Waals surface area contributed by atoms with Gasteiger partial charge in [-0.3, -0.25) is 0 Å². The van der Waals surface area contributed by atoms with Crippen molar-refractivity contribution in [2.24, 2.45) is 0 Å². The van der Waals surface area contributed by atoms with Crippen molar-refractivity contribution in [1.29, 1.82) is 0 Å². The van der Waals surface area contributed by atoms with Crippen molar-refractivity contribution in [2.45, 2.75) is 0 Å². The number of aromatic nitrogens is 2. The van der Waals surface area contributed by atoms with Gasteiger partial charge in [0.15, 0.2) is 3.92 Å². The molecule has 2 rings (SSSR count). The molecule has 0 bridgehead atoms. The molecular weight excluding hydrogens is 248 g/mol. The molecule has 0 N–H and O–H groups in total. The third kappa shape index (κ3) is 1.38. The summed E-state index contributed by atoms with van der Waals surface area (Å²) in [6.07, 6.45) is 1.62. The van der Waals surface area contributed by atoms with E-state index in [1.165, 1.54) is 11.3 Å². The molecule has 2 heterocycles. The number of pyridine rings is 1. The standard InChI is InChI=1S/C6H2BrClN2S/c7-6-10-4-1-3(8)2-9-5(4)11-6/h1-2H. The Balaban J connectivity index is 2.82. The van der Waals surface area contributed by atoms with E-state index in [0.717, 1.165) is 14.3 Å². The van der Waals surface area contributed by atoms with Crippen molar-refractivity contribution in [2.75, 3.05) is 0 Å². The second-order valence-electron chi connectivity index (χ2n) is 1.94. The van der Waals surface area contributed by atoms with Gasteiger partial charge in [0.05, 0.1) is 5.02 Å². The Bertz CT molecular complexity index is 400. The molecule has 0 aliphatic rings. The van der Waals surface area contributed by atoms with Crippen LogP contribution in [0.2, 0.25) is 5.02 Å². The van der Waals surface area contributed by atoms with Crippen LogP contribution in [0.3, 0.4) is 0 Å². The van der Waals surface area contributed by atoms with E-state index in [2.05, 4.69) is 25.9 Å². The summed E-state index contributed by atoms with van der Waals surface area (Å²) in [4.78, 5) is 9.16. The summed E-state index contributed by atoms with van der Waals surface area (Å²) in [5.74, 6) is 0. The highest BCUT2D eigenvalue weighted by molar-refractivity contribution is 9.11. The van der Waals surface area contributed by atoms with Crippen LogP contribution in [0, 0.1) is 0 Å². The summed E-state index contributed by atoms with van der Waals surface area (Å²) >= 11 is 10.5. The average Bonchev–Trinajstić information content (AvgIpc) is 2.27. The van der Waals surface area contributed by atoms with E-state index >= 15 is 0 Å². The zero-order valence-electron chi connectivity index (χ0n) is 5.21. The van der Waals surface area contributed by atoms with Gasteiger partial charge in [0.1, 0.15) is 10.3 Å². The normalized spacial score (nSPS) is 10.7. The summed E-state index contributed by atoms with van der Waals surface area (Å²) in [5.41, 5.74) is 0.842. The van der Waals surface area contributed by atoms with Gasteiger partial charge >= 0.3 is 0 Å². The van der Waals surface area contributed by atoms with Gasteiger partial charge in [-0.25, -0.2) is 9.97 Å². The molecule has 0 unspecified atom stereocenters. The molecule has 0 atom stereocenters. The molecule has 56 valence electrons. The molecule has 5 heteroatoms. The molecule has 2 aromatic rings. The number of thiazole rings is 1. The summed E-state index contributed by atoms with van der Waals surface area (Å²) in [7, 11) is 0. The van der Waals surface area contributed by atoms with Crippen molar-refractivity contribution in [1.82, 2.24) is 9.97 Å². The number of nitrogens with zero attached hydrogens (tertiary/aromatic N) is 2. The van der Waals surface area contributed by atoms with E-state index in [0.29, 0.717) is 5.02 Å². The SMILES string of the molecule is Clc1cnc2sc(Br)nc2c1. The molecule has 0 fully saturated rings. The number of hydrogen-bond donors (Lipinski definition) is 0. The minimum Gasteiger partial charge on any atom is -0.242 e. The second kappa shape index (κ2) is 2.69. The van der Waals surface area contributed by atoms with Crippen molar-refractivity contribution in [3.8, 4) is 0 Å². The summed E-state index contributed by atoms with van der Waals surface area (Å²) in [5, 5.41) is 0.621. The van der Waals surface area contributed by atoms with Gasteiger partial charge < -0.3 is 0 Å². The van der Waals surface area contributed by atoms with Crippen molar-refractivity contribution in [3.05, 3.63) is 21.2 Å². The zero-order valence-corrected chi connectivity index (χ0v) is 8.37. The predicted octanol–water partition coefficient (Wildman–Crippen LogP) is 3.11. The quantitative estimate of drug-likeness (QED) is 0.717. The Morgan fingerprint density at radius 1 is 1.55 bits per heavy atom. The lowest BCUT2D eigenvalue weighted by Crippen LogP contribution is -1.71. The zero-order chi connectivity index (χ0) is 7.84. The fourth-order valence-corrected chi connectivity index (χ4v) is 2.19. The van der Waals surface area contributed by atoms with E-state index in [-0.39, 0.29) is 0 Å². The highest BCUT2D eigenvalue weighted by Crippen LogP contribution is 2.25. The average molecular weight is 250 g/mol. The van der Waals surface area contributed by atoms with Gasteiger partial charge in [-0.05, 0) is 22.0 Å². The minimum atomic E-state index is 0.621. The van der Waals surface area contributed by atoms with Gasteiger partial charge in [0.2, 0.25) is 0 Å². The van der Waals surface area contributed by atoms with E-state index in [1.54, 1.807) is 12.3 Å². The lowest BCUT2D eigenvalue weighted by molar-refractivity contribution is 1.39. The Morgan fingerprint density at radius 3 is 3.18 bits per heavy atom. The Hall–Kier alpha value is -0.190. The molecule has 0 aromatic carbocycles. The Morgan fingerprint density at radius 2 is 2.36 bits per heavy atom. The van der Waals surface area contributed by atoms with Crippen molar-refractivity contribution >= 4 is 49.2 Å². The smallest absolute Gasteiger partial charge is 0.161 e. The molecule has 11 heavy (non-hydrogen) atoms. The lowest BCUT2D eigenvalue weighted by atomic mass is 10.5. The first-order chi connectivity index (χ1) is 5.25. The molecule has 0 radical (unpaired) electrons. The molecular formula is C6H2BrClN2S. The highest BCUT2D eigenvalue weighted by Gasteiger charge is 2.01. The molecule has 0 saturated heterocycles. The van der Waals surface area contributed by atoms with Gasteiger partial charge in [-0.1, -0.05) is 22.9 Å². The largest absolute Gasteiger partial charge is 0.242 e. The summed E-state index contributed by atoms with van der Waals surface area (Å²) in [6, 6.07) is 1.80. The summed E-state index contributed by atoms with van der Waals surface area (Å²) in [6.45, 7) is 0. The van der Waals surface area contributed by atoms with Crippen molar-refractivity contribution in [3.63, 3.8) is 0 Å². The van der Waals surface area contributed by atoms with E-state index in [4.69, 9.17) is 11.6 Å². The van der Waals surface area contributed by atoms with Crippen LogP contribution < -0.4 is 0 Å². The molecule has 2 nitrogen and oxygen atoms in total. The first-order valence-corrected chi connectivity index (χ1v) is 4.82. The summed E-state index contributed by atoms with van der Waals surface area (Å²) < 4.78 is 0.835. The van der Waals surface area contributed by atoms with Crippen LogP contribution in [0.4, 0.5) is 0 Å². The number of rotatable bonds is 0. The van der Waals surface area contributed by atoms with Crippen LogP contribution in [0.5, 0.6) is 0 Å². The maximum atomic E-state index is 5.71. The Labute approximate surface area is 80.4 Å². The predicted molar refractivity (Wildman–Crippen MR) is 50.1 cm³/mol. The number of fused-ring (bicyclic) bond motifs is 1. The molecule has 0 saturated carbocycles. The maximum absolute atomic E-state index is 5.71. The minimum absolute atomic E-state index is 0.621. The number of halogens is 2. The van der Waals surface area contributed by atoms with Crippen LogP contribution in [0.25, 0.3) is 10.3 Å². The van der Waals surface area contributed by atoms with Crippen LogP contribution >= 0.6 is 38.9 Å². The van der Waals surface area contributed by atoms with Crippen LogP contribution in [0.15, 0.2) is 16.2 Å². The van der Waals surface area contributed by atoms with Crippen LogP contribution in [0.1, 0.15) is 0 Å². The first-order valence-electron chi connectivity index (χ1n) is 2.83.